The van der Waals surface area contributed by atoms with Crippen molar-refractivity contribution in [3.05, 3.63) is 83.2 Å². The van der Waals surface area contributed by atoms with Crippen molar-refractivity contribution in [2.75, 3.05) is 5.73 Å². The molecule has 6 nitrogen and oxygen atoms in total. The molecule has 2 N–H and O–H groups in total. The molecule has 4 rings (SSSR count). The number of ketones is 1. The third kappa shape index (κ3) is 3.27. The first-order chi connectivity index (χ1) is 14.0. The van der Waals surface area contributed by atoms with E-state index in [9.17, 15) is 4.79 Å². The van der Waals surface area contributed by atoms with E-state index in [1.165, 1.54) is 0 Å². The quantitative estimate of drug-likeness (QED) is 0.632. The summed E-state index contributed by atoms with van der Waals surface area (Å²) in [4.78, 5) is 13.1. The molecule has 2 unspecified atom stereocenters. The lowest BCUT2D eigenvalue weighted by molar-refractivity contribution is -0.116. The van der Waals surface area contributed by atoms with Crippen LogP contribution in [0.3, 0.4) is 0 Å². The van der Waals surface area contributed by atoms with Gasteiger partial charge in [0.1, 0.15) is 5.70 Å². The minimum Gasteiger partial charge on any atom is -0.382 e. The van der Waals surface area contributed by atoms with Crippen LogP contribution < -0.4 is 5.73 Å². The molecule has 3 aromatic rings. The summed E-state index contributed by atoms with van der Waals surface area (Å²) in [7, 11) is 0. The minimum absolute atomic E-state index is 0.00312. The monoisotopic (exact) mass is 385 g/mol. The molecule has 1 aliphatic rings. The number of rotatable bonds is 4. The fraction of sp³-hybridized carbons (Fsp3) is 0.217. The molecule has 6 heteroatoms. The number of allylic oxidation sites excluding steroid dienone is 2. The van der Waals surface area contributed by atoms with E-state index in [4.69, 9.17) is 5.73 Å². The summed E-state index contributed by atoms with van der Waals surface area (Å²) in [6, 6.07) is 19.4. The number of aromatic nitrogens is 2. The lowest BCUT2D eigenvalue weighted by Crippen LogP contribution is -2.13. The van der Waals surface area contributed by atoms with Gasteiger partial charge in [-0.05, 0) is 43.0 Å². The molecule has 0 saturated carbocycles. The number of nitrogen functional groups attached to an aromatic ring is 1. The number of Topliss-reactive ketones (excluding diaryl/α,β-unsaturated/α-hetero) is 1. The summed E-state index contributed by atoms with van der Waals surface area (Å²) in [5.74, 6) is 0.241. The predicted octanol–water partition coefficient (Wildman–Crippen LogP) is 5.12. The molecule has 2 atom stereocenters. The molecule has 29 heavy (non-hydrogen) atoms. The van der Waals surface area contributed by atoms with Crippen LogP contribution >= 0.6 is 0 Å². The number of aryl methyl sites for hydroxylation is 1. The van der Waals surface area contributed by atoms with Gasteiger partial charge in [0.15, 0.2) is 17.3 Å². The molecule has 2 aromatic carbocycles. The molecule has 0 radical (unpaired) electrons. The Morgan fingerprint density at radius 1 is 0.966 bits per heavy atom. The standard InChI is InChI=1S/C23H23N5O/c1-14-15(2)20(22(29)19(14)17-10-6-4-7-11-17)25-26-21-16(3)27-28(23(21)24)18-12-8-5-9-13-18/h4-14,19H,24H2,1-3H3. The molecule has 1 aromatic heterocycles. The number of benzene rings is 2. The smallest absolute Gasteiger partial charge is 0.191 e. The van der Waals surface area contributed by atoms with Crippen molar-refractivity contribution in [3.8, 4) is 5.69 Å². The maximum Gasteiger partial charge on any atom is 0.191 e. The zero-order chi connectivity index (χ0) is 20.5. The van der Waals surface area contributed by atoms with E-state index in [0.717, 1.165) is 16.8 Å². The fourth-order valence-corrected chi connectivity index (χ4v) is 3.79. The van der Waals surface area contributed by atoms with Crippen LogP contribution in [0.1, 0.15) is 31.0 Å². The first kappa shape index (κ1) is 18.8. The van der Waals surface area contributed by atoms with Crippen molar-refractivity contribution < 1.29 is 4.79 Å². The van der Waals surface area contributed by atoms with Crippen LogP contribution in [0.25, 0.3) is 5.69 Å². The predicted molar refractivity (Wildman–Crippen MR) is 113 cm³/mol. The second-order valence-electron chi connectivity index (χ2n) is 7.34. The highest BCUT2D eigenvalue weighted by atomic mass is 16.1. The summed E-state index contributed by atoms with van der Waals surface area (Å²) < 4.78 is 1.64. The van der Waals surface area contributed by atoms with Crippen LogP contribution in [-0.2, 0) is 4.79 Å². The van der Waals surface area contributed by atoms with Crippen LogP contribution in [0.5, 0.6) is 0 Å². The van der Waals surface area contributed by atoms with Crippen molar-refractivity contribution in [2.45, 2.75) is 26.7 Å². The molecule has 0 aliphatic heterocycles. The lowest BCUT2D eigenvalue weighted by Gasteiger charge is -2.15. The maximum atomic E-state index is 13.1. The van der Waals surface area contributed by atoms with Gasteiger partial charge in [-0.3, -0.25) is 4.79 Å². The Morgan fingerprint density at radius 2 is 1.59 bits per heavy atom. The van der Waals surface area contributed by atoms with Crippen LogP contribution in [0, 0.1) is 12.8 Å². The Kier molecular flexibility index (Phi) is 4.84. The van der Waals surface area contributed by atoms with Gasteiger partial charge in [-0.25, -0.2) is 4.68 Å². The zero-order valence-corrected chi connectivity index (χ0v) is 16.7. The molecular weight excluding hydrogens is 362 g/mol. The third-order valence-electron chi connectivity index (χ3n) is 5.55. The summed E-state index contributed by atoms with van der Waals surface area (Å²) in [5.41, 5.74) is 10.6. The van der Waals surface area contributed by atoms with E-state index in [2.05, 4.69) is 22.3 Å². The highest BCUT2D eigenvalue weighted by Crippen LogP contribution is 2.41. The molecule has 0 amide bonds. The van der Waals surface area contributed by atoms with Gasteiger partial charge in [0.2, 0.25) is 0 Å². The molecule has 146 valence electrons. The van der Waals surface area contributed by atoms with Gasteiger partial charge < -0.3 is 5.73 Å². The number of carbonyl (C=O) groups is 1. The second-order valence-corrected chi connectivity index (χ2v) is 7.34. The summed E-state index contributed by atoms with van der Waals surface area (Å²) in [6.07, 6.45) is 0. The summed E-state index contributed by atoms with van der Waals surface area (Å²) in [6.45, 7) is 5.83. The topological polar surface area (TPSA) is 85.6 Å². The molecule has 0 fully saturated rings. The highest BCUT2D eigenvalue weighted by molar-refractivity contribution is 6.03. The lowest BCUT2D eigenvalue weighted by atomic mass is 9.87. The summed E-state index contributed by atoms with van der Waals surface area (Å²) >= 11 is 0. The first-order valence-corrected chi connectivity index (χ1v) is 9.61. The van der Waals surface area contributed by atoms with Gasteiger partial charge in [-0.2, -0.15) is 5.10 Å². The van der Waals surface area contributed by atoms with Gasteiger partial charge in [0.05, 0.1) is 17.3 Å². The Balaban J connectivity index is 1.66. The van der Waals surface area contributed by atoms with E-state index in [1.807, 2.05) is 74.5 Å². The van der Waals surface area contributed by atoms with Crippen molar-refractivity contribution >= 4 is 17.3 Å². The van der Waals surface area contributed by atoms with E-state index in [1.54, 1.807) is 4.68 Å². The van der Waals surface area contributed by atoms with E-state index in [0.29, 0.717) is 22.9 Å². The first-order valence-electron chi connectivity index (χ1n) is 9.61. The fourth-order valence-electron chi connectivity index (χ4n) is 3.79. The molecule has 1 heterocycles. The maximum absolute atomic E-state index is 13.1. The molecule has 0 spiro atoms. The van der Waals surface area contributed by atoms with Crippen LogP contribution in [-0.4, -0.2) is 15.6 Å². The van der Waals surface area contributed by atoms with Gasteiger partial charge in [-0.1, -0.05) is 55.5 Å². The van der Waals surface area contributed by atoms with Crippen molar-refractivity contribution in [3.63, 3.8) is 0 Å². The molecule has 0 saturated heterocycles. The number of azo groups is 1. The van der Waals surface area contributed by atoms with Crippen LogP contribution in [0.15, 0.2) is 82.2 Å². The van der Waals surface area contributed by atoms with E-state index >= 15 is 0 Å². The second kappa shape index (κ2) is 7.47. The van der Waals surface area contributed by atoms with Gasteiger partial charge in [0, 0.05) is 0 Å². The Bertz CT molecular complexity index is 1110. The Hall–Kier alpha value is -3.54. The van der Waals surface area contributed by atoms with E-state index < -0.39 is 0 Å². The van der Waals surface area contributed by atoms with Crippen molar-refractivity contribution in [1.29, 1.82) is 0 Å². The number of nitrogens with two attached hydrogens (primary N) is 1. The normalized spacial score (nSPS) is 19.5. The van der Waals surface area contributed by atoms with Crippen molar-refractivity contribution in [2.24, 2.45) is 16.1 Å². The highest BCUT2D eigenvalue weighted by Gasteiger charge is 2.38. The number of para-hydroxylation sites is 1. The van der Waals surface area contributed by atoms with Crippen LogP contribution in [0.2, 0.25) is 0 Å². The Morgan fingerprint density at radius 3 is 2.24 bits per heavy atom. The molecule has 0 bridgehead atoms. The average molecular weight is 385 g/mol. The van der Waals surface area contributed by atoms with Gasteiger partial charge >= 0.3 is 0 Å². The molecular formula is C23H23N5O. The van der Waals surface area contributed by atoms with Crippen molar-refractivity contribution in [1.82, 2.24) is 9.78 Å². The summed E-state index contributed by atoms with van der Waals surface area (Å²) in [5, 5.41) is 13.1. The number of anilines is 1. The van der Waals surface area contributed by atoms with Gasteiger partial charge in [-0.15, -0.1) is 10.2 Å². The zero-order valence-electron chi connectivity index (χ0n) is 16.7. The SMILES string of the molecule is CC1=C(N=Nc2c(C)nn(-c3ccccc3)c2N)C(=O)C(c2ccccc2)C1C. The number of nitrogens with zero attached hydrogens (tertiary/aromatic N) is 4. The number of hydrogen-bond donors (Lipinski definition) is 1. The largest absolute Gasteiger partial charge is 0.382 e. The number of carbonyl (C=O) groups excluding carboxylic acids is 1. The van der Waals surface area contributed by atoms with Crippen LogP contribution in [0.4, 0.5) is 11.5 Å². The van der Waals surface area contributed by atoms with Gasteiger partial charge in [0.25, 0.3) is 0 Å². The molecule has 1 aliphatic carbocycles. The number of hydrogen-bond acceptors (Lipinski definition) is 5. The average Bonchev–Trinajstić information content (AvgIpc) is 3.14. The third-order valence-corrected chi connectivity index (χ3v) is 5.55. The Labute approximate surface area is 169 Å². The minimum atomic E-state index is -0.226. The van der Waals surface area contributed by atoms with E-state index in [-0.39, 0.29) is 17.6 Å².